The third-order valence-corrected chi connectivity index (χ3v) is 3.77. The molecule has 0 atom stereocenters. The molecular weight excluding hydrogens is 256 g/mol. The Morgan fingerprint density at radius 1 is 1.26 bits per heavy atom. The first-order chi connectivity index (χ1) is 9.24. The van der Waals surface area contributed by atoms with E-state index in [9.17, 15) is 4.79 Å². The van der Waals surface area contributed by atoms with Gasteiger partial charge in [-0.15, -0.1) is 11.3 Å². The van der Waals surface area contributed by atoms with Crippen LogP contribution in [0, 0.1) is 6.92 Å². The molecule has 94 valence electrons. The lowest BCUT2D eigenvalue weighted by molar-refractivity contribution is 0.0989. The molecule has 0 aliphatic rings. The number of rotatable bonds is 3. The van der Waals surface area contributed by atoms with Gasteiger partial charge in [0.05, 0.1) is 17.1 Å². The second kappa shape index (κ2) is 4.90. The summed E-state index contributed by atoms with van der Waals surface area (Å²) in [6.07, 6.45) is 1.99. The SMILES string of the molecule is Cc1nc(CC(=O)c2nccc3ccccc23)cs1. The van der Waals surface area contributed by atoms with Crippen LogP contribution in [0.25, 0.3) is 10.8 Å². The van der Waals surface area contributed by atoms with Gasteiger partial charge < -0.3 is 0 Å². The van der Waals surface area contributed by atoms with Crippen LogP contribution < -0.4 is 0 Å². The van der Waals surface area contributed by atoms with E-state index in [1.165, 1.54) is 0 Å². The maximum atomic E-state index is 12.3. The van der Waals surface area contributed by atoms with Gasteiger partial charge in [0.15, 0.2) is 5.78 Å². The van der Waals surface area contributed by atoms with E-state index < -0.39 is 0 Å². The molecule has 0 unspecified atom stereocenters. The van der Waals surface area contributed by atoms with Gasteiger partial charge in [0.2, 0.25) is 0 Å². The molecule has 4 heteroatoms. The van der Waals surface area contributed by atoms with Gasteiger partial charge in [-0.2, -0.15) is 0 Å². The number of carbonyl (C=O) groups is 1. The van der Waals surface area contributed by atoms with E-state index in [4.69, 9.17) is 0 Å². The number of carbonyl (C=O) groups excluding carboxylic acids is 1. The van der Waals surface area contributed by atoms with Gasteiger partial charge in [0.25, 0.3) is 0 Å². The minimum absolute atomic E-state index is 0.0158. The van der Waals surface area contributed by atoms with Crippen molar-refractivity contribution < 1.29 is 4.79 Å². The van der Waals surface area contributed by atoms with Crippen LogP contribution in [-0.2, 0) is 6.42 Å². The van der Waals surface area contributed by atoms with E-state index in [2.05, 4.69) is 9.97 Å². The molecule has 0 N–H and O–H groups in total. The highest BCUT2D eigenvalue weighted by Crippen LogP contribution is 2.18. The molecule has 0 aliphatic heterocycles. The van der Waals surface area contributed by atoms with Crippen molar-refractivity contribution in [2.24, 2.45) is 0 Å². The Bertz CT molecular complexity index is 743. The van der Waals surface area contributed by atoms with E-state index in [1.54, 1.807) is 17.5 Å². The molecule has 0 aliphatic carbocycles. The Morgan fingerprint density at radius 2 is 2.11 bits per heavy atom. The lowest BCUT2D eigenvalue weighted by atomic mass is 10.1. The Balaban J connectivity index is 1.97. The number of nitrogens with zero attached hydrogens (tertiary/aromatic N) is 2. The minimum Gasteiger partial charge on any atom is -0.292 e. The third-order valence-electron chi connectivity index (χ3n) is 2.95. The first-order valence-electron chi connectivity index (χ1n) is 6.02. The van der Waals surface area contributed by atoms with Gasteiger partial charge in [0, 0.05) is 17.0 Å². The van der Waals surface area contributed by atoms with Crippen LogP contribution in [0.5, 0.6) is 0 Å². The molecule has 2 aromatic heterocycles. The predicted octanol–water partition coefficient (Wildman–Crippen LogP) is 3.43. The zero-order valence-electron chi connectivity index (χ0n) is 10.5. The van der Waals surface area contributed by atoms with Crippen molar-refractivity contribution in [2.75, 3.05) is 0 Å². The summed E-state index contributed by atoms with van der Waals surface area (Å²) in [5, 5.41) is 4.85. The maximum absolute atomic E-state index is 12.3. The molecule has 0 spiro atoms. The predicted molar refractivity (Wildman–Crippen MR) is 76.6 cm³/mol. The fraction of sp³-hybridized carbons (Fsp3) is 0.133. The molecule has 0 amide bonds. The Kier molecular flexibility index (Phi) is 3.09. The summed E-state index contributed by atoms with van der Waals surface area (Å²) in [4.78, 5) is 20.9. The molecule has 3 nitrogen and oxygen atoms in total. The van der Waals surface area contributed by atoms with Crippen molar-refractivity contribution in [1.29, 1.82) is 0 Å². The summed E-state index contributed by atoms with van der Waals surface area (Å²) in [5.74, 6) is 0.0158. The number of hydrogen-bond acceptors (Lipinski definition) is 4. The molecule has 19 heavy (non-hydrogen) atoms. The van der Waals surface area contributed by atoms with Crippen LogP contribution in [0.4, 0.5) is 0 Å². The molecule has 0 fully saturated rings. The highest BCUT2D eigenvalue weighted by molar-refractivity contribution is 7.09. The Hall–Kier alpha value is -2.07. The second-order valence-electron chi connectivity index (χ2n) is 4.34. The van der Waals surface area contributed by atoms with Gasteiger partial charge in [-0.25, -0.2) is 4.98 Å². The molecule has 1 aromatic carbocycles. The number of fused-ring (bicyclic) bond motifs is 1. The largest absolute Gasteiger partial charge is 0.292 e. The van der Waals surface area contributed by atoms with E-state index in [0.29, 0.717) is 12.1 Å². The van der Waals surface area contributed by atoms with E-state index >= 15 is 0 Å². The summed E-state index contributed by atoms with van der Waals surface area (Å²) < 4.78 is 0. The fourth-order valence-corrected chi connectivity index (χ4v) is 2.69. The summed E-state index contributed by atoms with van der Waals surface area (Å²) >= 11 is 1.56. The molecule has 3 rings (SSSR count). The molecule has 0 bridgehead atoms. The zero-order valence-corrected chi connectivity index (χ0v) is 11.3. The van der Waals surface area contributed by atoms with Crippen LogP contribution in [0.1, 0.15) is 21.2 Å². The fourth-order valence-electron chi connectivity index (χ4n) is 2.08. The number of ketones is 1. The number of thiazole rings is 1. The van der Waals surface area contributed by atoms with Crippen LogP contribution in [0.15, 0.2) is 41.9 Å². The van der Waals surface area contributed by atoms with Gasteiger partial charge in [-0.05, 0) is 18.4 Å². The topological polar surface area (TPSA) is 42.9 Å². The average Bonchev–Trinajstić information content (AvgIpc) is 2.83. The number of aromatic nitrogens is 2. The number of benzene rings is 1. The summed E-state index contributed by atoms with van der Waals surface area (Å²) in [6, 6.07) is 9.72. The maximum Gasteiger partial charge on any atom is 0.187 e. The molecule has 3 aromatic rings. The molecule has 0 saturated heterocycles. The monoisotopic (exact) mass is 268 g/mol. The highest BCUT2D eigenvalue weighted by atomic mass is 32.1. The number of Topliss-reactive ketones (excluding diaryl/α,β-unsaturated/α-hetero) is 1. The van der Waals surface area contributed by atoms with Crippen LogP contribution >= 0.6 is 11.3 Å². The molecule has 2 heterocycles. The molecular formula is C15H12N2OS. The minimum atomic E-state index is 0.0158. The van der Waals surface area contributed by atoms with E-state index in [0.717, 1.165) is 21.5 Å². The van der Waals surface area contributed by atoms with E-state index in [-0.39, 0.29) is 5.78 Å². The van der Waals surface area contributed by atoms with E-state index in [1.807, 2.05) is 42.6 Å². The lowest BCUT2D eigenvalue weighted by Gasteiger charge is -2.03. The summed E-state index contributed by atoms with van der Waals surface area (Å²) in [6.45, 7) is 1.94. The number of hydrogen-bond donors (Lipinski definition) is 0. The Labute approximate surface area is 115 Å². The number of aryl methyl sites for hydroxylation is 1. The van der Waals surface area contributed by atoms with Crippen LogP contribution in [0.3, 0.4) is 0 Å². The van der Waals surface area contributed by atoms with Gasteiger partial charge in [0.1, 0.15) is 5.69 Å². The van der Waals surface area contributed by atoms with Crippen molar-refractivity contribution in [1.82, 2.24) is 9.97 Å². The van der Waals surface area contributed by atoms with Gasteiger partial charge in [-0.3, -0.25) is 9.78 Å². The van der Waals surface area contributed by atoms with Crippen LogP contribution in [0.2, 0.25) is 0 Å². The zero-order chi connectivity index (χ0) is 13.2. The normalized spacial score (nSPS) is 10.8. The summed E-state index contributed by atoms with van der Waals surface area (Å²) in [7, 11) is 0. The van der Waals surface area contributed by atoms with Crippen molar-refractivity contribution in [2.45, 2.75) is 13.3 Å². The van der Waals surface area contributed by atoms with Crippen molar-refractivity contribution >= 4 is 27.9 Å². The van der Waals surface area contributed by atoms with Gasteiger partial charge in [-0.1, -0.05) is 24.3 Å². The summed E-state index contributed by atoms with van der Waals surface area (Å²) in [5.41, 5.74) is 1.35. The smallest absolute Gasteiger partial charge is 0.187 e. The first-order valence-corrected chi connectivity index (χ1v) is 6.90. The standard InChI is InChI=1S/C15H12N2OS/c1-10-17-12(9-19-10)8-14(18)15-13-5-3-2-4-11(13)6-7-16-15/h2-7,9H,8H2,1H3. The molecule has 0 saturated carbocycles. The molecule has 0 radical (unpaired) electrons. The van der Waals surface area contributed by atoms with Crippen LogP contribution in [-0.4, -0.2) is 15.8 Å². The third kappa shape index (κ3) is 2.39. The second-order valence-corrected chi connectivity index (χ2v) is 5.40. The van der Waals surface area contributed by atoms with Crippen molar-refractivity contribution in [3.63, 3.8) is 0 Å². The first kappa shape index (κ1) is 12.0. The highest BCUT2D eigenvalue weighted by Gasteiger charge is 2.13. The van der Waals surface area contributed by atoms with Gasteiger partial charge >= 0.3 is 0 Å². The average molecular weight is 268 g/mol. The number of pyridine rings is 1. The Morgan fingerprint density at radius 3 is 2.89 bits per heavy atom. The van der Waals surface area contributed by atoms with Crippen molar-refractivity contribution in [3.05, 3.63) is 58.3 Å². The lowest BCUT2D eigenvalue weighted by Crippen LogP contribution is -2.07. The van der Waals surface area contributed by atoms with Crippen molar-refractivity contribution in [3.8, 4) is 0 Å². The quantitative estimate of drug-likeness (QED) is 0.683.